The van der Waals surface area contributed by atoms with Crippen molar-refractivity contribution in [1.29, 1.82) is 0 Å². The van der Waals surface area contributed by atoms with Crippen LogP contribution in [-0.4, -0.2) is 25.5 Å². The van der Waals surface area contributed by atoms with Gasteiger partial charge in [0.15, 0.2) is 0 Å². The van der Waals surface area contributed by atoms with Gasteiger partial charge in [-0.3, -0.25) is 4.79 Å². The van der Waals surface area contributed by atoms with E-state index >= 15 is 0 Å². The molecule has 0 saturated carbocycles. The summed E-state index contributed by atoms with van der Waals surface area (Å²) in [7, 11) is 0. The monoisotopic (exact) mass is 212 g/mol. The molecule has 3 nitrogen and oxygen atoms in total. The smallest absolute Gasteiger partial charge is 0.219 e. The number of hydrogen-bond donors (Lipinski definition) is 2. The Balaban J connectivity index is 2.05. The Hall–Kier alpha value is -0.570. The summed E-state index contributed by atoms with van der Waals surface area (Å²) in [5, 5.41) is 6.26. The predicted molar refractivity (Wildman–Crippen MR) is 62.7 cm³/mol. The van der Waals surface area contributed by atoms with Crippen LogP contribution in [0.15, 0.2) is 0 Å². The molecule has 0 spiro atoms. The van der Waals surface area contributed by atoms with Crippen molar-refractivity contribution < 1.29 is 4.79 Å². The van der Waals surface area contributed by atoms with E-state index in [2.05, 4.69) is 10.6 Å². The standard InChI is InChI=1S/C12H24N2O/c1-2-14-12(15)7-3-5-11-6-4-9-13-10-8-11/h11,13H,2-10H2,1H3,(H,14,15). The van der Waals surface area contributed by atoms with Crippen LogP contribution in [0.25, 0.3) is 0 Å². The fourth-order valence-electron chi connectivity index (χ4n) is 2.22. The van der Waals surface area contributed by atoms with E-state index in [1.165, 1.54) is 32.2 Å². The van der Waals surface area contributed by atoms with Gasteiger partial charge in [-0.05, 0) is 58.0 Å². The number of carbonyl (C=O) groups is 1. The van der Waals surface area contributed by atoms with Crippen LogP contribution in [-0.2, 0) is 4.79 Å². The highest BCUT2D eigenvalue weighted by Gasteiger charge is 2.11. The average molecular weight is 212 g/mol. The van der Waals surface area contributed by atoms with Gasteiger partial charge in [0.1, 0.15) is 0 Å². The second-order valence-electron chi connectivity index (χ2n) is 4.39. The van der Waals surface area contributed by atoms with Crippen molar-refractivity contribution in [2.24, 2.45) is 5.92 Å². The van der Waals surface area contributed by atoms with Crippen LogP contribution >= 0.6 is 0 Å². The first-order valence-corrected chi connectivity index (χ1v) is 6.30. The van der Waals surface area contributed by atoms with E-state index in [4.69, 9.17) is 0 Å². The summed E-state index contributed by atoms with van der Waals surface area (Å²) in [5.74, 6) is 1.05. The lowest BCUT2D eigenvalue weighted by molar-refractivity contribution is -0.121. The maximum Gasteiger partial charge on any atom is 0.219 e. The van der Waals surface area contributed by atoms with Gasteiger partial charge in [-0.1, -0.05) is 0 Å². The van der Waals surface area contributed by atoms with Crippen molar-refractivity contribution in [3.63, 3.8) is 0 Å². The first-order chi connectivity index (χ1) is 7.33. The van der Waals surface area contributed by atoms with Crippen LogP contribution in [0.5, 0.6) is 0 Å². The van der Waals surface area contributed by atoms with Crippen LogP contribution in [0.2, 0.25) is 0 Å². The number of amides is 1. The second kappa shape index (κ2) is 7.69. The quantitative estimate of drug-likeness (QED) is 0.728. The minimum Gasteiger partial charge on any atom is -0.356 e. The Kier molecular flexibility index (Phi) is 6.41. The summed E-state index contributed by atoms with van der Waals surface area (Å²) in [6.07, 6.45) is 6.90. The van der Waals surface area contributed by atoms with Crippen molar-refractivity contribution in [2.75, 3.05) is 19.6 Å². The van der Waals surface area contributed by atoms with Crippen molar-refractivity contribution >= 4 is 5.91 Å². The van der Waals surface area contributed by atoms with Gasteiger partial charge in [0, 0.05) is 13.0 Å². The third kappa shape index (κ3) is 5.78. The molecule has 0 aliphatic carbocycles. The lowest BCUT2D eigenvalue weighted by atomic mass is 9.94. The lowest BCUT2D eigenvalue weighted by Crippen LogP contribution is -2.22. The fraction of sp³-hybridized carbons (Fsp3) is 0.917. The summed E-state index contributed by atoms with van der Waals surface area (Å²) >= 11 is 0. The summed E-state index contributed by atoms with van der Waals surface area (Å²) in [4.78, 5) is 11.2. The van der Waals surface area contributed by atoms with Crippen LogP contribution in [0.4, 0.5) is 0 Å². The molecule has 1 amide bonds. The van der Waals surface area contributed by atoms with E-state index < -0.39 is 0 Å². The fourth-order valence-corrected chi connectivity index (χ4v) is 2.22. The Labute approximate surface area is 93.0 Å². The van der Waals surface area contributed by atoms with E-state index in [9.17, 15) is 4.79 Å². The first-order valence-electron chi connectivity index (χ1n) is 6.30. The van der Waals surface area contributed by atoms with E-state index in [1.54, 1.807) is 0 Å². The second-order valence-corrected chi connectivity index (χ2v) is 4.39. The van der Waals surface area contributed by atoms with E-state index in [0.717, 1.165) is 25.4 Å². The Morgan fingerprint density at radius 2 is 2.27 bits per heavy atom. The third-order valence-electron chi connectivity index (χ3n) is 3.09. The van der Waals surface area contributed by atoms with Gasteiger partial charge >= 0.3 is 0 Å². The molecule has 1 rings (SSSR count). The molecular weight excluding hydrogens is 188 g/mol. The molecule has 1 fully saturated rings. The minimum absolute atomic E-state index is 0.212. The SMILES string of the molecule is CCNC(=O)CCCC1CCCNCC1. The predicted octanol–water partition coefficient (Wildman–Crippen LogP) is 1.68. The topological polar surface area (TPSA) is 41.1 Å². The van der Waals surface area contributed by atoms with Crippen molar-refractivity contribution in [2.45, 2.75) is 45.4 Å². The molecule has 3 heteroatoms. The van der Waals surface area contributed by atoms with Gasteiger partial charge in [-0.25, -0.2) is 0 Å². The van der Waals surface area contributed by atoms with Crippen molar-refractivity contribution in [3.05, 3.63) is 0 Å². The highest BCUT2D eigenvalue weighted by atomic mass is 16.1. The lowest BCUT2D eigenvalue weighted by Gasteiger charge is -2.12. The van der Waals surface area contributed by atoms with Gasteiger partial charge in [-0.2, -0.15) is 0 Å². The largest absolute Gasteiger partial charge is 0.356 e. The molecule has 2 N–H and O–H groups in total. The Bertz CT molecular complexity index is 174. The summed E-state index contributed by atoms with van der Waals surface area (Å²) in [6, 6.07) is 0. The van der Waals surface area contributed by atoms with Crippen LogP contribution in [0.1, 0.15) is 45.4 Å². The molecule has 15 heavy (non-hydrogen) atoms. The zero-order valence-electron chi connectivity index (χ0n) is 9.85. The van der Waals surface area contributed by atoms with E-state index in [-0.39, 0.29) is 5.91 Å². The van der Waals surface area contributed by atoms with Crippen LogP contribution < -0.4 is 10.6 Å². The maximum atomic E-state index is 11.2. The minimum atomic E-state index is 0.212. The molecule has 1 aliphatic heterocycles. The summed E-state index contributed by atoms with van der Waals surface area (Å²) < 4.78 is 0. The molecule has 0 aromatic heterocycles. The molecule has 0 aromatic rings. The highest BCUT2D eigenvalue weighted by molar-refractivity contribution is 5.75. The van der Waals surface area contributed by atoms with Gasteiger partial charge in [-0.15, -0.1) is 0 Å². The van der Waals surface area contributed by atoms with Crippen molar-refractivity contribution in [3.8, 4) is 0 Å². The van der Waals surface area contributed by atoms with Crippen LogP contribution in [0, 0.1) is 5.92 Å². The average Bonchev–Trinajstić information content (AvgIpc) is 2.47. The summed E-state index contributed by atoms with van der Waals surface area (Å²) in [5.41, 5.74) is 0. The molecule has 0 radical (unpaired) electrons. The Morgan fingerprint density at radius 3 is 3.07 bits per heavy atom. The number of carbonyl (C=O) groups excluding carboxylic acids is 1. The number of nitrogens with one attached hydrogen (secondary N) is 2. The third-order valence-corrected chi connectivity index (χ3v) is 3.09. The molecule has 1 saturated heterocycles. The maximum absolute atomic E-state index is 11.2. The zero-order chi connectivity index (χ0) is 10.9. The van der Waals surface area contributed by atoms with Gasteiger partial charge in [0.25, 0.3) is 0 Å². The Morgan fingerprint density at radius 1 is 1.40 bits per heavy atom. The van der Waals surface area contributed by atoms with Gasteiger partial charge in [0.2, 0.25) is 5.91 Å². The molecular formula is C12H24N2O. The van der Waals surface area contributed by atoms with Gasteiger partial charge < -0.3 is 10.6 Å². The molecule has 1 aliphatic rings. The molecule has 88 valence electrons. The highest BCUT2D eigenvalue weighted by Crippen LogP contribution is 2.19. The van der Waals surface area contributed by atoms with Crippen LogP contribution in [0.3, 0.4) is 0 Å². The summed E-state index contributed by atoms with van der Waals surface area (Å²) in [6.45, 7) is 5.06. The van der Waals surface area contributed by atoms with E-state index in [1.807, 2.05) is 6.92 Å². The van der Waals surface area contributed by atoms with E-state index in [0.29, 0.717) is 6.42 Å². The molecule has 1 heterocycles. The number of hydrogen-bond acceptors (Lipinski definition) is 2. The molecule has 0 bridgehead atoms. The first kappa shape index (κ1) is 12.5. The zero-order valence-corrected chi connectivity index (χ0v) is 9.85. The number of rotatable bonds is 5. The molecule has 0 aromatic carbocycles. The molecule has 1 unspecified atom stereocenters. The normalized spacial score (nSPS) is 22.1. The van der Waals surface area contributed by atoms with Gasteiger partial charge in [0.05, 0.1) is 0 Å². The van der Waals surface area contributed by atoms with Crippen molar-refractivity contribution in [1.82, 2.24) is 10.6 Å². The molecule has 1 atom stereocenters.